The van der Waals surface area contributed by atoms with Gasteiger partial charge in [0, 0.05) is 5.56 Å². The first kappa shape index (κ1) is 15.5. The Morgan fingerprint density at radius 3 is 2.65 bits per heavy atom. The molecule has 0 saturated carbocycles. The number of ketones is 1. The molecule has 2 aromatic heterocycles. The van der Waals surface area contributed by atoms with Crippen LogP contribution in [0.25, 0.3) is 11.5 Å². The van der Waals surface area contributed by atoms with E-state index in [1.165, 1.54) is 11.8 Å². The second-order valence-corrected chi connectivity index (χ2v) is 6.26. The van der Waals surface area contributed by atoms with Crippen molar-refractivity contribution in [1.82, 2.24) is 10.2 Å². The van der Waals surface area contributed by atoms with Crippen LogP contribution in [-0.4, -0.2) is 21.7 Å². The Bertz CT molecular complexity index is 812. The molecule has 0 aliphatic heterocycles. The molecule has 0 unspecified atom stereocenters. The van der Waals surface area contributed by atoms with Gasteiger partial charge in [-0.25, -0.2) is 0 Å². The lowest BCUT2D eigenvalue weighted by Gasteiger charge is -2.05. The number of aromatic nitrogens is 2. The summed E-state index contributed by atoms with van der Waals surface area (Å²) in [6, 6.07) is 13.2. The van der Waals surface area contributed by atoms with Crippen molar-refractivity contribution in [3.05, 3.63) is 65.4 Å². The third-order valence-electron chi connectivity index (χ3n) is 3.45. The minimum absolute atomic E-state index is 0.101. The molecule has 0 saturated heterocycles. The van der Waals surface area contributed by atoms with Crippen LogP contribution in [0, 0.1) is 13.8 Å². The van der Waals surface area contributed by atoms with Crippen LogP contribution in [0.15, 0.2) is 58.2 Å². The van der Waals surface area contributed by atoms with Gasteiger partial charge in [-0.2, -0.15) is 0 Å². The van der Waals surface area contributed by atoms with Crippen molar-refractivity contribution in [1.29, 1.82) is 0 Å². The molecule has 0 atom stereocenters. The van der Waals surface area contributed by atoms with Gasteiger partial charge in [0.25, 0.3) is 0 Å². The fourth-order valence-electron chi connectivity index (χ4n) is 2.30. The van der Waals surface area contributed by atoms with E-state index in [0.29, 0.717) is 17.2 Å². The number of aryl methyl sites for hydroxylation is 2. The summed E-state index contributed by atoms with van der Waals surface area (Å²) in [5, 5.41) is 8.98. The largest absolute Gasteiger partial charge is 0.463 e. The molecule has 3 aromatic rings. The Balaban J connectivity index is 1.65. The van der Waals surface area contributed by atoms with E-state index in [2.05, 4.69) is 10.2 Å². The van der Waals surface area contributed by atoms with E-state index in [-0.39, 0.29) is 5.78 Å². The number of carbonyl (C=O) groups excluding carboxylic acids is 1. The molecule has 23 heavy (non-hydrogen) atoms. The molecule has 0 aliphatic carbocycles. The molecule has 116 valence electrons. The van der Waals surface area contributed by atoms with E-state index in [1.54, 1.807) is 6.26 Å². The topological polar surface area (TPSA) is 56.0 Å². The first-order valence-corrected chi connectivity index (χ1v) is 8.23. The second-order valence-electron chi connectivity index (χ2n) is 5.26. The molecule has 5 heteroatoms. The van der Waals surface area contributed by atoms with Gasteiger partial charge in [-0.05, 0) is 43.7 Å². The first-order chi connectivity index (χ1) is 11.1. The SMILES string of the molecule is Cc1ccc(C(=O)CSc2ccc(-c3ccco3)nn2)c(C)c1. The third-order valence-corrected chi connectivity index (χ3v) is 4.37. The van der Waals surface area contributed by atoms with Gasteiger partial charge >= 0.3 is 0 Å². The lowest BCUT2D eigenvalue weighted by atomic mass is 10.0. The maximum Gasteiger partial charge on any atom is 0.173 e. The number of nitrogens with zero attached hydrogens (tertiary/aromatic N) is 2. The Kier molecular flexibility index (Phi) is 4.57. The zero-order valence-corrected chi connectivity index (χ0v) is 13.8. The molecular weight excluding hydrogens is 308 g/mol. The predicted molar refractivity (Wildman–Crippen MR) is 90.7 cm³/mol. The van der Waals surface area contributed by atoms with Crippen LogP contribution in [0.2, 0.25) is 0 Å². The average Bonchev–Trinajstić information content (AvgIpc) is 3.07. The Morgan fingerprint density at radius 1 is 1.13 bits per heavy atom. The number of hydrogen-bond acceptors (Lipinski definition) is 5. The van der Waals surface area contributed by atoms with Crippen molar-refractivity contribution in [2.45, 2.75) is 18.9 Å². The summed E-state index contributed by atoms with van der Waals surface area (Å²) in [6.45, 7) is 3.98. The number of carbonyl (C=O) groups is 1. The Hall–Kier alpha value is -2.40. The lowest BCUT2D eigenvalue weighted by Crippen LogP contribution is -2.05. The predicted octanol–water partition coefficient (Wildman–Crippen LogP) is 4.33. The van der Waals surface area contributed by atoms with Crippen LogP contribution in [0.4, 0.5) is 0 Å². The maximum atomic E-state index is 12.3. The van der Waals surface area contributed by atoms with E-state index in [1.807, 2.05) is 56.3 Å². The molecule has 0 radical (unpaired) electrons. The van der Waals surface area contributed by atoms with E-state index < -0.39 is 0 Å². The average molecular weight is 324 g/mol. The van der Waals surface area contributed by atoms with E-state index in [9.17, 15) is 4.79 Å². The molecule has 0 aliphatic rings. The number of benzene rings is 1. The Morgan fingerprint density at radius 2 is 2.00 bits per heavy atom. The highest BCUT2D eigenvalue weighted by Crippen LogP contribution is 2.21. The smallest absolute Gasteiger partial charge is 0.173 e. The van der Waals surface area contributed by atoms with Crippen LogP contribution in [0.1, 0.15) is 21.5 Å². The van der Waals surface area contributed by atoms with Crippen LogP contribution in [0.5, 0.6) is 0 Å². The van der Waals surface area contributed by atoms with Crippen molar-refractivity contribution in [3.8, 4) is 11.5 Å². The maximum absolute atomic E-state index is 12.3. The summed E-state index contributed by atoms with van der Waals surface area (Å²) in [5.41, 5.74) is 3.62. The molecule has 0 bridgehead atoms. The van der Waals surface area contributed by atoms with Crippen molar-refractivity contribution in [2.24, 2.45) is 0 Å². The zero-order valence-electron chi connectivity index (χ0n) is 12.9. The van der Waals surface area contributed by atoms with Gasteiger partial charge in [-0.15, -0.1) is 10.2 Å². The molecule has 0 N–H and O–H groups in total. The molecule has 0 amide bonds. The second kappa shape index (κ2) is 6.79. The fourth-order valence-corrected chi connectivity index (χ4v) is 2.99. The number of thioether (sulfide) groups is 1. The van der Waals surface area contributed by atoms with Crippen molar-refractivity contribution in [2.75, 3.05) is 5.75 Å². The van der Waals surface area contributed by atoms with Gasteiger partial charge in [-0.3, -0.25) is 4.79 Å². The normalized spacial score (nSPS) is 10.7. The third kappa shape index (κ3) is 3.68. The summed E-state index contributed by atoms with van der Waals surface area (Å²) >= 11 is 1.39. The molecule has 1 aromatic carbocycles. The number of hydrogen-bond donors (Lipinski definition) is 0. The van der Waals surface area contributed by atoms with Crippen LogP contribution in [-0.2, 0) is 0 Å². The van der Waals surface area contributed by atoms with E-state index in [0.717, 1.165) is 21.7 Å². The van der Waals surface area contributed by atoms with Crippen molar-refractivity contribution >= 4 is 17.5 Å². The quantitative estimate of drug-likeness (QED) is 0.516. The lowest BCUT2D eigenvalue weighted by molar-refractivity contribution is 0.102. The highest BCUT2D eigenvalue weighted by molar-refractivity contribution is 7.99. The van der Waals surface area contributed by atoms with Gasteiger partial charge in [-0.1, -0.05) is 35.5 Å². The number of Topliss-reactive ketones (excluding diaryl/α,β-unsaturated/α-hetero) is 1. The summed E-state index contributed by atoms with van der Waals surface area (Å²) in [7, 11) is 0. The van der Waals surface area contributed by atoms with Gasteiger partial charge < -0.3 is 4.42 Å². The van der Waals surface area contributed by atoms with Crippen LogP contribution >= 0.6 is 11.8 Å². The summed E-state index contributed by atoms with van der Waals surface area (Å²) in [6.07, 6.45) is 1.60. The van der Waals surface area contributed by atoms with Crippen LogP contribution < -0.4 is 0 Å². The van der Waals surface area contributed by atoms with Gasteiger partial charge in [0.15, 0.2) is 11.5 Å². The molecular formula is C18H16N2O2S. The van der Waals surface area contributed by atoms with Gasteiger partial charge in [0.2, 0.25) is 0 Å². The minimum Gasteiger partial charge on any atom is -0.463 e. The van der Waals surface area contributed by atoms with Crippen LogP contribution in [0.3, 0.4) is 0 Å². The molecule has 2 heterocycles. The molecule has 4 nitrogen and oxygen atoms in total. The minimum atomic E-state index is 0.101. The van der Waals surface area contributed by atoms with E-state index >= 15 is 0 Å². The first-order valence-electron chi connectivity index (χ1n) is 7.24. The van der Waals surface area contributed by atoms with Crippen molar-refractivity contribution in [3.63, 3.8) is 0 Å². The summed E-state index contributed by atoms with van der Waals surface area (Å²) in [4.78, 5) is 12.3. The van der Waals surface area contributed by atoms with Gasteiger partial charge in [0.05, 0.1) is 12.0 Å². The number of furan rings is 1. The molecule has 0 fully saturated rings. The monoisotopic (exact) mass is 324 g/mol. The highest BCUT2D eigenvalue weighted by Gasteiger charge is 2.11. The van der Waals surface area contributed by atoms with Crippen molar-refractivity contribution < 1.29 is 9.21 Å². The summed E-state index contributed by atoms with van der Waals surface area (Å²) < 4.78 is 5.27. The standard InChI is InChI=1S/C18H16N2O2S/c1-12-5-6-14(13(2)10-12)16(21)11-23-18-8-7-15(19-20-18)17-4-3-9-22-17/h3-10H,11H2,1-2H3. The highest BCUT2D eigenvalue weighted by atomic mass is 32.2. The van der Waals surface area contributed by atoms with E-state index in [4.69, 9.17) is 4.42 Å². The molecule has 0 spiro atoms. The molecule has 3 rings (SSSR count). The fraction of sp³-hybridized carbons (Fsp3) is 0.167. The van der Waals surface area contributed by atoms with Gasteiger partial charge in [0.1, 0.15) is 10.7 Å². The zero-order chi connectivity index (χ0) is 16.2. The Labute approximate surface area is 138 Å². The number of rotatable bonds is 5. The summed E-state index contributed by atoms with van der Waals surface area (Å²) in [5.74, 6) is 1.13.